The number of ether oxygens (including phenoxy) is 1. The van der Waals surface area contributed by atoms with E-state index in [0.717, 1.165) is 0 Å². The minimum absolute atomic E-state index is 0.0715. The maximum Gasteiger partial charge on any atom is 0.471 e. The minimum Gasteiger partial charge on any atom is -0.441 e. The highest BCUT2D eigenvalue weighted by Crippen LogP contribution is 2.28. The maximum absolute atomic E-state index is 13.4. The molecule has 2 aromatic carbocycles. The monoisotopic (exact) mass is 451 g/mol. The standard InChI is InChI=1S/C20H17F4N5O3/c1-11(13-4-3-5-14(21)10-13)32-19(31)26-17-16(27-28-29(17)2)12-6-8-15(9-7-12)25-18(30)20(22,23)24/h3-11H,1-2H3,(H,25,30)(H,26,31)/t11-/m1/s1. The Bertz CT molecular complexity index is 1130. The number of nitrogens with one attached hydrogen (secondary N) is 2. The molecule has 3 aromatic rings. The molecule has 12 heteroatoms. The van der Waals surface area contributed by atoms with Crippen molar-refractivity contribution in [2.24, 2.45) is 7.05 Å². The molecule has 2 N–H and O–H groups in total. The van der Waals surface area contributed by atoms with Gasteiger partial charge in [0.15, 0.2) is 5.82 Å². The van der Waals surface area contributed by atoms with Gasteiger partial charge in [0, 0.05) is 18.3 Å². The van der Waals surface area contributed by atoms with Crippen molar-refractivity contribution in [1.82, 2.24) is 15.0 Å². The number of carbonyl (C=O) groups excluding carboxylic acids is 2. The van der Waals surface area contributed by atoms with Gasteiger partial charge in [-0.2, -0.15) is 13.2 Å². The number of amides is 2. The quantitative estimate of drug-likeness (QED) is 0.560. The van der Waals surface area contributed by atoms with Gasteiger partial charge in [-0.3, -0.25) is 10.1 Å². The molecule has 0 aliphatic rings. The molecule has 0 aliphatic heterocycles. The zero-order valence-electron chi connectivity index (χ0n) is 16.8. The van der Waals surface area contributed by atoms with Crippen molar-refractivity contribution < 1.29 is 31.9 Å². The summed E-state index contributed by atoms with van der Waals surface area (Å²) in [5.41, 5.74) is 1.02. The summed E-state index contributed by atoms with van der Waals surface area (Å²) >= 11 is 0. The summed E-state index contributed by atoms with van der Waals surface area (Å²) in [6.45, 7) is 1.57. The largest absolute Gasteiger partial charge is 0.471 e. The number of hydrogen-bond donors (Lipinski definition) is 2. The van der Waals surface area contributed by atoms with Crippen LogP contribution in [0.5, 0.6) is 0 Å². The Kier molecular flexibility index (Phi) is 6.42. The number of rotatable bonds is 5. The van der Waals surface area contributed by atoms with E-state index in [-0.39, 0.29) is 17.2 Å². The smallest absolute Gasteiger partial charge is 0.441 e. The number of aromatic nitrogens is 3. The van der Waals surface area contributed by atoms with Crippen LogP contribution in [-0.2, 0) is 16.6 Å². The first kappa shape index (κ1) is 22.7. The summed E-state index contributed by atoms with van der Waals surface area (Å²) in [6, 6.07) is 10.9. The van der Waals surface area contributed by atoms with Gasteiger partial charge in [-0.1, -0.05) is 29.5 Å². The van der Waals surface area contributed by atoms with E-state index in [0.29, 0.717) is 11.1 Å². The number of nitrogens with zero attached hydrogens (tertiary/aromatic N) is 3. The zero-order valence-corrected chi connectivity index (χ0v) is 16.8. The van der Waals surface area contributed by atoms with Crippen molar-refractivity contribution in [3.63, 3.8) is 0 Å². The first-order valence-corrected chi connectivity index (χ1v) is 9.16. The number of aryl methyl sites for hydroxylation is 1. The predicted molar refractivity (Wildman–Crippen MR) is 106 cm³/mol. The Hall–Kier alpha value is -3.96. The lowest BCUT2D eigenvalue weighted by Gasteiger charge is -2.15. The summed E-state index contributed by atoms with van der Waals surface area (Å²) in [7, 11) is 1.51. The van der Waals surface area contributed by atoms with Crippen molar-refractivity contribution in [3.8, 4) is 11.3 Å². The summed E-state index contributed by atoms with van der Waals surface area (Å²) in [5.74, 6) is -2.40. The van der Waals surface area contributed by atoms with Gasteiger partial charge in [-0.05, 0) is 36.8 Å². The molecule has 3 rings (SSSR count). The second-order valence-electron chi connectivity index (χ2n) is 6.67. The summed E-state index contributed by atoms with van der Waals surface area (Å²) in [4.78, 5) is 23.4. The van der Waals surface area contributed by atoms with Crippen LogP contribution in [0, 0.1) is 5.82 Å². The van der Waals surface area contributed by atoms with Crippen molar-refractivity contribution in [2.75, 3.05) is 10.6 Å². The lowest BCUT2D eigenvalue weighted by molar-refractivity contribution is -0.167. The number of anilines is 2. The molecule has 0 radical (unpaired) electrons. The van der Waals surface area contributed by atoms with E-state index in [1.807, 2.05) is 0 Å². The van der Waals surface area contributed by atoms with Crippen LogP contribution in [0.25, 0.3) is 11.3 Å². The normalized spacial score (nSPS) is 12.2. The SMILES string of the molecule is C[C@@H](OC(=O)Nc1c(-c2ccc(NC(=O)C(F)(F)F)cc2)nnn1C)c1cccc(F)c1. The van der Waals surface area contributed by atoms with Crippen LogP contribution in [-0.4, -0.2) is 33.2 Å². The van der Waals surface area contributed by atoms with Crippen LogP contribution in [0.2, 0.25) is 0 Å². The van der Waals surface area contributed by atoms with Crippen LogP contribution >= 0.6 is 0 Å². The Labute approximate surface area is 179 Å². The van der Waals surface area contributed by atoms with Crippen molar-refractivity contribution >= 4 is 23.5 Å². The molecule has 168 valence electrons. The van der Waals surface area contributed by atoms with Crippen LogP contribution in [0.15, 0.2) is 48.5 Å². The number of carbonyl (C=O) groups is 2. The third kappa shape index (κ3) is 5.39. The number of benzene rings is 2. The van der Waals surface area contributed by atoms with E-state index in [1.54, 1.807) is 18.3 Å². The lowest BCUT2D eigenvalue weighted by Crippen LogP contribution is -2.29. The zero-order chi connectivity index (χ0) is 23.5. The molecule has 1 aromatic heterocycles. The summed E-state index contributed by atoms with van der Waals surface area (Å²) < 4.78 is 57.0. The fraction of sp³-hybridized carbons (Fsp3) is 0.200. The first-order chi connectivity index (χ1) is 15.0. The van der Waals surface area contributed by atoms with Gasteiger partial charge in [-0.15, -0.1) is 5.10 Å². The molecule has 0 aliphatic carbocycles. The van der Waals surface area contributed by atoms with Gasteiger partial charge in [0.05, 0.1) is 0 Å². The molecule has 1 atom stereocenters. The Morgan fingerprint density at radius 3 is 2.41 bits per heavy atom. The highest BCUT2D eigenvalue weighted by atomic mass is 19.4. The van der Waals surface area contributed by atoms with Crippen LogP contribution in [0.3, 0.4) is 0 Å². The summed E-state index contributed by atoms with van der Waals surface area (Å²) in [5, 5.41) is 12.0. The Morgan fingerprint density at radius 2 is 1.78 bits per heavy atom. The van der Waals surface area contributed by atoms with Gasteiger partial charge in [0.25, 0.3) is 0 Å². The molecule has 32 heavy (non-hydrogen) atoms. The molecule has 8 nitrogen and oxygen atoms in total. The number of hydrogen-bond acceptors (Lipinski definition) is 5. The van der Waals surface area contributed by atoms with Crippen LogP contribution < -0.4 is 10.6 Å². The minimum atomic E-state index is -5.01. The second-order valence-corrected chi connectivity index (χ2v) is 6.67. The molecule has 0 saturated heterocycles. The molecule has 0 spiro atoms. The Balaban J connectivity index is 1.72. The molecular weight excluding hydrogens is 434 g/mol. The Morgan fingerprint density at radius 1 is 1.09 bits per heavy atom. The van der Waals surface area contributed by atoms with E-state index in [2.05, 4.69) is 15.6 Å². The second kappa shape index (κ2) is 9.04. The maximum atomic E-state index is 13.4. The third-order valence-corrected chi connectivity index (χ3v) is 4.32. The van der Waals surface area contributed by atoms with E-state index in [1.165, 1.54) is 54.2 Å². The van der Waals surface area contributed by atoms with Gasteiger partial charge in [0.2, 0.25) is 0 Å². The molecule has 2 amide bonds. The topological polar surface area (TPSA) is 98.1 Å². The first-order valence-electron chi connectivity index (χ1n) is 9.16. The summed E-state index contributed by atoms with van der Waals surface area (Å²) in [6.07, 6.45) is -6.60. The molecule has 1 heterocycles. The average molecular weight is 451 g/mol. The van der Waals surface area contributed by atoms with Gasteiger partial charge < -0.3 is 10.1 Å². The molecule has 0 bridgehead atoms. The molecule has 0 saturated carbocycles. The van der Waals surface area contributed by atoms with E-state index < -0.39 is 30.1 Å². The van der Waals surface area contributed by atoms with Gasteiger partial charge in [-0.25, -0.2) is 13.9 Å². The fourth-order valence-corrected chi connectivity index (χ4v) is 2.72. The lowest BCUT2D eigenvalue weighted by atomic mass is 10.1. The van der Waals surface area contributed by atoms with Gasteiger partial charge in [0.1, 0.15) is 17.6 Å². The van der Waals surface area contributed by atoms with Gasteiger partial charge >= 0.3 is 18.2 Å². The number of halogens is 4. The van der Waals surface area contributed by atoms with E-state index in [4.69, 9.17) is 4.74 Å². The molecule has 0 fully saturated rings. The predicted octanol–water partition coefficient (Wildman–Crippen LogP) is 4.43. The average Bonchev–Trinajstić information content (AvgIpc) is 3.08. The molecular formula is C20H17F4N5O3. The van der Waals surface area contributed by atoms with Crippen LogP contribution in [0.4, 0.5) is 33.9 Å². The van der Waals surface area contributed by atoms with Crippen molar-refractivity contribution in [3.05, 3.63) is 59.9 Å². The van der Waals surface area contributed by atoms with E-state index in [9.17, 15) is 27.2 Å². The third-order valence-electron chi connectivity index (χ3n) is 4.32. The van der Waals surface area contributed by atoms with E-state index >= 15 is 0 Å². The molecule has 0 unspecified atom stereocenters. The highest BCUT2D eigenvalue weighted by molar-refractivity contribution is 5.95. The number of alkyl halides is 3. The van der Waals surface area contributed by atoms with Crippen LogP contribution in [0.1, 0.15) is 18.6 Å². The fourth-order valence-electron chi connectivity index (χ4n) is 2.72. The van der Waals surface area contributed by atoms with Crippen molar-refractivity contribution in [1.29, 1.82) is 0 Å². The highest BCUT2D eigenvalue weighted by Gasteiger charge is 2.38. The van der Waals surface area contributed by atoms with Crippen molar-refractivity contribution in [2.45, 2.75) is 19.2 Å².